The van der Waals surface area contributed by atoms with Crippen LogP contribution in [-0.2, 0) is 11.3 Å². The van der Waals surface area contributed by atoms with Crippen LogP contribution in [0.1, 0.15) is 24.8 Å². The molecule has 118 valence electrons. The molecule has 2 aliphatic carbocycles. The van der Waals surface area contributed by atoms with Gasteiger partial charge < -0.3 is 10.6 Å². The summed E-state index contributed by atoms with van der Waals surface area (Å²) >= 11 is 0. The number of nitrogens with zero attached hydrogens (tertiary/aromatic N) is 2. The maximum absolute atomic E-state index is 12.6. The van der Waals surface area contributed by atoms with Gasteiger partial charge in [0.2, 0.25) is 5.91 Å². The standard InChI is InChI=1S/C15H21N3O.2ClH/c1-18(9-10-3-2-6-17-8-10)15(19)13-11-4-5-12(7-11)14(13)16;;/h2-3,6,8,11-14H,4-5,7,9,16H2,1H3;2*1H. The number of carbonyl (C=O) groups excluding carboxylic acids is 1. The predicted molar refractivity (Wildman–Crippen MR) is 87.5 cm³/mol. The number of hydrogen-bond acceptors (Lipinski definition) is 3. The zero-order valence-corrected chi connectivity index (χ0v) is 13.8. The highest BCUT2D eigenvalue weighted by atomic mass is 35.5. The van der Waals surface area contributed by atoms with Crippen molar-refractivity contribution in [3.05, 3.63) is 30.1 Å². The van der Waals surface area contributed by atoms with E-state index in [1.54, 1.807) is 6.20 Å². The average Bonchev–Trinajstić information content (AvgIpc) is 3.00. The first kappa shape index (κ1) is 18.2. The second-order valence-electron chi connectivity index (χ2n) is 5.99. The SMILES string of the molecule is CN(Cc1cccnc1)C(=O)C1C2CCC(C2)C1N.Cl.Cl. The largest absolute Gasteiger partial charge is 0.341 e. The van der Waals surface area contributed by atoms with E-state index in [1.165, 1.54) is 12.8 Å². The maximum Gasteiger partial charge on any atom is 0.227 e. The van der Waals surface area contributed by atoms with E-state index in [0.717, 1.165) is 12.0 Å². The van der Waals surface area contributed by atoms with Crippen molar-refractivity contribution in [1.29, 1.82) is 0 Å². The molecule has 4 nitrogen and oxygen atoms in total. The van der Waals surface area contributed by atoms with Gasteiger partial charge in [0.25, 0.3) is 0 Å². The minimum absolute atomic E-state index is 0. The van der Waals surface area contributed by atoms with Crippen molar-refractivity contribution in [3.8, 4) is 0 Å². The third-order valence-electron chi connectivity index (χ3n) is 4.78. The summed E-state index contributed by atoms with van der Waals surface area (Å²) in [6.07, 6.45) is 7.09. The van der Waals surface area contributed by atoms with Gasteiger partial charge >= 0.3 is 0 Å². The fraction of sp³-hybridized carbons (Fsp3) is 0.600. The molecule has 3 rings (SSSR count). The Bertz CT molecular complexity index is 469. The molecule has 21 heavy (non-hydrogen) atoms. The van der Waals surface area contributed by atoms with Crippen molar-refractivity contribution >= 4 is 30.7 Å². The zero-order chi connectivity index (χ0) is 13.4. The monoisotopic (exact) mass is 331 g/mol. The molecular formula is C15H23Cl2N3O. The molecule has 0 aliphatic heterocycles. The van der Waals surface area contributed by atoms with Gasteiger partial charge in [-0.05, 0) is 42.7 Å². The molecule has 0 aromatic carbocycles. The summed E-state index contributed by atoms with van der Waals surface area (Å²) < 4.78 is 0. The van der Waals surface area contributed by atoms with Gasteiger partial charge in [0.05, 0.1) is 5.92 Å². The van der Waals surface area contributed by atoms with E-state index in [1.807, 2.05) is 30.3 Å². The molecule has 2 saturated carbocycles. The number of fused-ring (bicyclic) bond motifs is 2. The summed E-state index contributed by atoms with van der Waals surface area (Å²) in [5.41, 5.74) is 7.30. The third kappa shape index (κ3) is 3.50. The van der Waals surface area contributed by atoms with Crippen LogP contribution in [0.2, 0.25) is 0 Å². The predicted octanol–water partition coefficient (Wildman–Crippen LogP) is 2.26. The van der Waals surface area contributed by atoms with Crippen molar-refractivity contribution in [3.63, 3.8) is 0 Å². The number of carbonyl (C=O) groups is 1. The van der Waals surface area contributed by atoms with E-state index in [0.29, 0.717) is 18.4 Å². The van der Waals surface area contributed by atoms with Crippen LogP contribution in [0.3, 0.4) is 0 Å². The molecule has 6 heteroatoms. The minimum atomic E-state index is 0. The van der Waals surface area contributed by atoms with Crippen LogP contribution in [0, 0.1) is 17.8 Å². The molecule has 4 unspecified atom stereocenters. The Balaban J connectivity index is 0.00000110. The summed E-state index contributed by atoms with van der Waals surface area (Å²) in [6.45, 7) is 0.618. The lowest BCUT2D eigenvalue weighted by molar-refractivity contribution is -0.137. The smallest absolute Gasteiger partial charge is 0.227 e. The highest BCUT2D eigenvalue weighted by molar-refractivity contribution is 5.85. The number of nitrogens with two attached hydrogens (primary N) is 1. The normalized spacial score (nSPS) is 29.4. The number of amides is 1. The van der Waals surface area contributed by atoms with Gasteiger partial charge in [-0.15, -0.1) is 24.8 Å². The molecule has 4 atom stereocenters. The lowest BCUT2D eigenvalue weighted by Gasteiger charge is -2.30. The van der Waals surface area contributed by atoms with Crippen molar-refractivity contribution in [2.45, 2.75) is 31.8 Å². The van der Waals surface area contributed by atoms with Crippen molar-refractivity contribution in [1.82, 2.24) is 9.88 Å². The molecule has 2 aliphatic rings. The topological polar surface area (TPSA) is 59.2 Å². The van der Waals surface area contributed by atoms with Gasteiger partial charge in [-0.2, -0.15) is 0 Å². The first-order valence-corrected chi connectivity index (χ1v) is 7.06. The van der Waals surface area contributed by atoms with E-state index in [2.05, 4.69) is 4.98 Å². The summed E-state index contributed by atoms with van der Waals surface area (Å²) in [5.74, 6) is 1.35. The maximum atomic E-state index is 12.6. The third-order valence-corrected chi connectivity index (χ3v) is 4.78. The second kappa shape index (κ2) is 7.43. The summed E-state index contributed by atoms with van der Waals surface area (Å²) in [7, 11) is 1.87. The van der Waals surface area contributed by atoms with Gasteiger partial charge in [-0.3, -0.25) is 9.78 Å². The summed E-state index contributed by atoms with van der Waals surface area (Å²) in [5, 5.41) is 0. The quantitative estimate of drug-likeness (QED) is 0.924. The van der Waals surface area contributed by atoms with Crippen molar-refractivity contribution in [2.24, 2.45) is 23.5 Å². The van der Waals surface area contributed by atoms with Crippen molar-refractivity contribution < 1.29 is 4.79 Å². The molecule has 1 aromatic rings. The molecule has 0 spiro atoms. The Morgan fingerprint density at radius 2 is 2.10 bits per heavy atom. The van der Waals surface area contributed by atoms with E-state index in [4.69, 9.17) is 5.73 Å². The number of halogens is 2. The van der Waals surface area contributed by atoms with Crippen LogP contribution in [0.15, 0.2) is 24.5 Å². The molecule has 0 radical (unpaired) electrons. The molecule has 2 N–H and O–H groups in total. The van der Waals surface area contributed by atoms with Crippen LogP contribution in [-0.4, -0.2) is 28.9 Å². The Labute approximate surface area is 138 Å². The second-order valence-corrected chi connectivity index (χ2v) is 5.99. The zero-order valence-electron chi connectivity index (χ0n) is 12.1. The number of hydrogen-bond donors (Lipinski definition) is 1. The summed E-state index contributed by atoms with van der Waals surface area (Å²) in [6, 6.07) is 3.97. The van der Waals surface area contributed by atoms with Gasteiger partial charge in [-0.1, -0.05) is 6.07 Å². The number of aromatic nitrogens is 1. The highest BCUT2D eigenvalue weighted by Crippen LogP contribution is 2.48. The molecule has 1 amide bonds. The van der Waals surface area contributed by atoms with Crippen LogP contribution in [0.5, 0.6) is 0 Å². The van der Waals surface area contributed by atoms with Gasteiger partial charge in [0, 0.05) is 32.0 Å². The van der Waals surface area contributed by atoms with Gasteiger partial charge in [0.1, 0.15) is 0 Å². The lowest BCUT2D eigenvalue weighted by Crippen LogP contribution is -2.45. The molecular weight excluding hydrogens is 309 g/mol. The fourth-order valence-corrected chi connectivity index (χ4v) is 3.80. The van der Waals surface area contributed by atoms with E-state index < -0.39 is 0 Å². The Kier molecular flexibility index (Phi) is 6.44. The molecule has 1 heterocycles. The molecule has 2 fully saturated rings. The fourth-order valence-electron chi connectivity index (χ4n) is 3.80. The van der Waals surface area contributed by atoms with E-state index in [-0.39, 0.29) is 42.7 Å². The first-order chi connectivity index (χ1) is 9.16. The lowest BCUT2D eigenvalue weighted by atomic mass is 9.84. The highest BCUT2D eigenvalue weighted by Gasteiger charge is 2.49. The minimum Gasteiger partial charge on any atom is -0.341 e. The average molecular weight is 332 g/mol. The van der Waals surface area contributed by atoms with E-state index >= 15 is 0 Å². The Hall–Kier alpha value is -0.840. The molecule has 2 bridgehead atoms. The molecule has 0 saturated heterocycles. The van der Waals surface area contributed by atoms with Crippen LogP contribution in [0.4, 0.5) is 0 Å². The number of rotatable bonds is 3. The Morgan fingerprint density at radius 1 is 1.38 bits per heavy atom. The Morgan fingerprint density at radius 3 is 2.67 bits per heavy atom. The number of pyridine rings is 1. The molecule has 1 aromatic heterocycles. The van der Waals surface area contributed by atoms with Crippen LogP contribution >= 0.6 is 24.8 Å². The van der Waals surface area contributed by atoms with E-state index in [9.17, 15) is 4.79 Å². The van der Waals surface area contributed by atoms with Gasteiger partial charge in [0.15, 0.2) is 0 Å². The van der Waals surface area contributed by atoms with Crippen LogP contribution < -0.4 is 5.73 Å². The van der Waals surface area contributed by atoms with Crippen molar-refractivity contribution in [2.75, 3.05) is 7.05 Å². The summed E-state index contributed by atoms with van der Waals surface area (Å²) in [4.78, 5) is 18.5. The van der Waals surface area contributed by atoms with Crippen LogP contribution in [0.25, 0.3) is 0 Å². The first-order valence-electron chi connectivity index (χ1n) is 7.06. The van der Waals surface area contributed by atoms with Gasteiger partial charge in [-0.25, -0.2) is 0 Å².